The molecular formula is C26H21NO6. The molecule has 0 radical (unpaired) electrons. The van der Waals surface area contributed by atoms with Crippen molar-refractivity contribution in [1.29, 1.82) is 0 Å². The van der Waals surface area contributed by atoms with Gasteiger partial charge >= 0.3 is 0 Å². The maximum absolute atomic E-state index is 13.8. The van der Waals surface area contributed by atoms with Gasteiger partial charge in [0.05, 0.1) is 36.6 Å². The quantitative estimate of drug-likeness (QED) is 0.272. The lowest BCUT2D eigenvalue weighted by molar-refractivity contribution is 0.0511. The highest BCUT2D eigenvalue weighted by Gasteiger charge is 2.35. The Morgan fingerprint density at radius 2 is 1.48 bits per heavy atom. The van der Waals surface area contributed by atoms with Crippen molar-refractivity contribution in [2.24, 2.45) is 0 Å². The van der Waals surface area contributed by atoms with Gasteiger partial charge in [-0.25, -0.2) is 0 Å². The maximum atomic E-state index is 13.8. The summed E-state index contributed by atoms with van der Waals surface area (Å²) in [6.07, 6.45) is 0. The van der Waals surface area contributed by atoms with Crippen LogP contribution in [0.25, 0.3) is 22.2 Å². The molecule has 1 aliphatic heterocycles. The van der Waals surface area contributed by atoms with E-state index in [1.807, 2.05) is 12.1 Å². The van der Waals surface area contributed by atoms with Crippen LogP contribution in [0.15, 0.2) is 60.7 Å². The predicted molar refractivity (Wildman–Crippen MR) is 123 cm³/mol. The van der Waals surface area contributed by atoms with Crippen molar-refractivity contribution in [3.05, 3.63) is 77.4 Å². The van der Waals surface area contributed by atoms with Crippen molar-refractivity contribution in [3.63, 3.8) is 0 Å². The molecule has 0 unspecified atom stereocenters. The van der Waals surface area contributed by atoms with Gasteiger partial charge in [-0.15, -0.1) is 0 Å². The summed E-state index contributed by atoms with van der Waals surface area (Å²) < 4.78 is 22.6. The van der Waals surface area contributed by atoms with Gasteiger partial charge in [0.1, 0.15) is 17.2 Å². The zero-order valence-electron chi connectivity index (χ0n) is 18.4. The average molecular weight is 443 g/mol. The van der Waals surface area contributed by atoms with Gasteiger partial charge in [0.25, 0.3) is 5.91 Å². The Morgan fingerprint density at radius 1 is 0.818 bits per heavy atom. The molecule has 0 amide bonds. The summed E-state index contributed by atoms with van der Waals surface area (Å²) in [6, 6.07) is 17.5. The van der Waals surface area contributed by atoms with Crippen LogP contribution in [0, 0.1) is 0 Å². The molecule has 1 aromatic heterocycles. The van der Waals surface area contributed by atoms with E-state index in [1.165, 1.54) is 0 Å². The second-order valence-corrected chi connectivity index (χ2v) is 7.56. The number of fused-ring (bicyclic) bond motifs is 5. The standard InChI is InChI=1S/C26H21NO6/c1-30-14-33-16-6-4-15(5-7-16)25(28)23-20-11-9-18(32-3)13-22(20)27-24(23)19-10-8-17(31-2)12-21(19)26(27)29/h4-13H,14H2,1-3H3. The van der Waals surface area contributed by atoms with Gasteiger partial charge in [-0.3, -0.25) is 14.2 Å². The highest BCUT2D eigenvalue weighted by Crippen LogP contribution is 2.43. The number of benzene rings is 3. The van der Waals surface area contributed by atoms with Gasteiger partial charge in [-0.2, -0.15) is 0 Å². The normalized spacial score (nSPS) is 11.9. The fourth-order valence-electron chi connectivity index (χ4n) is 4.22. The van der Waals surface area contributed by atoms with Crippen molar-refractivity contribution in [2.75, 3.05) is 28.1 Å². The van der Waals surface area contributed by atoms with Crippen LogP contribution in [0.2, 0.25) is 0 Å². The van der Waals surface area contributed by atoms with Gasteiger partial charge in [-0.05, 0) is 54.6 Å². The lowest BCUT2D eigenvalue weighted by atomic mass is 9.96. The summed E-state index contributed by atoms with van der Waals surface area (Å²) in [6.45, 7) is 0.120. The molecule has 0 atom stereocenters. The summed E-state index contributed by atoms with van der Waals surface area (Å²) >= 11 is 0. The molecule has 1 aliphatic rings. The fourth-order valence-corrected chi connectivity index (χ4v) is 4.22. The predicted octanol–water partition coefficient (Wildman–Crippen LogP) is 4.54. The third-order valence-electron chi connectivity index (χ3n) is 5.78. The number of rotatable bonds is 7. The molecule has 0 saturated carbocycles. The number of ketones is 1. The van der Waals surface area contributed by atoms with Crippen molar-refractivity contribution in [3.8, 4) is 28.5 Å². The lowest BCUT2D eigenvalue weighted by Crippen LogP contribution is -2.06. The van der Waals surface area contributed by atoms with Crippen molar-refractivity contribution < 1.29 is 28.5 Å². The van der Waals surface area contributed by atoms with Gasteiger partial charge in [-0.1, -0.05) is 0 Å². The van der Waals surface area contributed by atoms with E-state index in [1.54, 1.807) is 74.4 Å². The van der Waals surface area contributed by atoms with Crippen LogP contribution in [0.1, 0.15) is 26.3 Å². The zero-order chi connectivity index (χ0) is 23.1. The van der Waals surface area contributed by atoms with E-state index in [4.69, 9.17) is 18.9 Å². The summed E-state index contributed by atoms with van der Waals surface area (Å²) in [5, 5.41) is 0.685. The van der Waals surface area contributed by atoms with Crippen LogP contribution in [-0.4, -0.2) is 44.4 Å². The molecule has 3 aromatic carbocycles. The number of methoxy groups -OCH3 is 3. The molecule has 0 fully saturated rings. The first-order valence-electron chi connectivity index (χ1n) is 10.3. The molecule has 0 spiro atoms. The third-order valence-corrected chi connectivity index (χ3v) is 5.78. The number of hydrogen-bond acceptors (Lipinski definition) is 6. The Balaban J connectivity index is 1.71. The molecular weight excluding hydrogens is 422 g/mol. The second kappa shape index (κ2) is 8.11. The first kappa shape index (κ1) is 20.8. The highest BCUT2D eigenvalue weighted by atomic mass is 16.7. The van der Waals surface area contributed by atoms with Crippen molar-refractivity contribution in [2.45, 2.75) is 0 Å². The lowest BCUT2D eigenvalue weighted by Gasteiger charge is -2.08. The second-order valence-electron chi connectivity index (χ2n) is 7.56. The van der Waals surface area contributed by atoms with Crippen molar-refractivity contribution in [1.82, 2.24) is 4.57 Å². The van der Waals surface area contributed by atoms with Crippen LogP contribution < -0.4 is 14.2 Å². The van der Waals surface area contributed by atoms with Gasteiger partial charge in [0.2, 0.25) is 0 Å². The number of aromatic nitrogens is 1. The molecule has 166 valence electrons. The molecule has 2 heterocycles. The SMILES string of the molecule is COCOc1ccc(C(=O)c2c3n(c4cc(OC)ccc24)C(=O)c2cc(OC)ccc2-3)cc1. The Labute approximate surface area is 190 Å². The highest BCUT2D eigenvalue weighted by molar-refractivity contribution is 6.26. The molecule has 7 heteroatoms. The van der Waals surface area contributed by atoms with Crippen LogP contribution in [-0.2, 0) is 4.74 Å². The fraction of sp³-hybridized carbons (Fsp3) is 0.154. The molecule has 4 aromatic rings. The third kappa shape index (κ3) is 3.25. The van der Waals surface area contributed by atoms with E-state index >= 15 is 0 Å². The molecule has 5 rings (SSSR count). The van der Waals surface area contributed by atoms with Gasteiger partial charge in [0, 0.05) is 29.7 Å². The Morgan fingerprint density at radius 3 is 2.18 bits per heavy atom. The van der Waals surface area contributed by atoms with Crippen LogP contribution in [0.4, 0.5) is 0 Å². The first-order chi connectivity index (χ1) is 16.1. The van der Waals surface area contributed by atoms with Crippen molar-refractivity contribution >= 4 is 22.6 Å². The van der Waals surface area contributed by atoms with Gasteiger partial charge in [0.15, 0.2) is 12.6 Å². The van der Waals surface area contributed by atoms with E-state index in [0.717, 1.165) is 0 Å². The Bertz CT molecular complexity index is 1400. The minimum atomic E-state index is -0.209. The number of nitrogens with zero attached hydrogens (tertiary/aromatic N) is 1. The van der Waals surface area contributed by atoms with E-state index < -0.39 is 0 Å². The average Bonchev–Trinajstić information content (AvgIpc) is 3.34. The Kier molecular flexibility index (Phi) is 5.11. The van der Waals surface area contributed by atoms with Gasteiger partial charge < -0.3 is 18.9 Å². The van der Waals surface area contributed by atoms with Crippen LogP contribution in [0.3, 0.4) is 0 Å². The minimum Gasteiger partial charge on any atom is -0.497 e. The molecule has 33 heavy (non-hydrogen) atoms. The number of carbonyl (C=O) groups excluding carboxylic acids is 2. The molecule has 0 saturated heterocycles. The maximum Gasteiger partial charge on any atom is 0.263 e. The Hall–Kier alpha value is -4.10. The molecule has 0 aliphatic carbocycles. The minimum absolute atomic E-state index is 0.120. The van der Waals surface area contributed by atoms with E-state index in [2.05, 4.69) is 0 Å². The summed E-state index contributed by atoms with van der Waals surface area (Å²) in [4.78, 5) is 27.2. The number of hydrogen-bond donors (Lipinski definition) is 0. The molecule has 0 bridgehead atoms. The zero-order valence-corrected chi connectivity index (χ0v) is 18.4. The van der Waals surface area contributed by atoms with Crippen LogP contribution in [0.5, 0.6) is 17.2 Å². The number of carbonyl (C=O) groups is 2. The number of ether oxygens (including phenoxy) is 4. The smallest absolute Gasteiger partial charge is 0.263 e. The van der Waals surface area contributed by atoms with E-state index in [0.29, 0.717) is 56.1 Å². The first-order valence-corrected chi connectivity index (χ1v) is 10.3. The largest absolute Gasteiger partial charge is 0.497 e. The summed E-state index contributed by atoms with van der Waals surface area (Å²) in [5.74, 6) is 1.38. The summed E-state index contributed by atoms with van der Waals surface area (Å²) in [7, 11) is 4.66. The molecule has 0 N–H and O–H groups in total. The van der Waals surface area contributed by atoms with E-state index in [-0.39, 0.29) is 18.5 Å². The monoisotopic (exact) mass is 443 g/mol. The van der Waals surface area contributed by atoms with E-state index in [9.17, 15) is 9.59 Å². The van der Waals surface area contributed by atoms with Crippen LogP contribution >= 0.6 is 0 Å². The molecule has 7 nitrogen and oxygen atoms in total. The summed E-state index contributed by atoms with van der Waals surface area (Å²) in [5.41, 5.74) is 3.33. The topological polar surface area (TPSA) is 76.0 Å².